The first kappa shape index (κ1) is 18.5. The summed E-state index contributed by atoms with van der Waals surface area (Å²) in [7, 11) is -1.74. The molecule has 3 rings (SSSR count). The van der Waals surface area contributed by atoms with Gasteiger partial charge < -0.3 is 19.0 Å². The predicted octanol–water partition coefficient (Wildman–Crippen LogP) is 4.95. The van der Waals surface area contributed by atoms with Crippen molar-refractivity contribution in [2.75, 3.05) is 6.79 Å². The van der Waals surface area contributed by atoms with E-state index in [-0.39, 0.29) is 17.9 Å². The molecule has 1 N–H and O–H groups in total. The zero-order valence-electron chi connectivity index (χ0n) is 16.0. The SMILES string of the molecule is CC(C)(C)[Si](C)(C)OC1CC=C(C(O)c2ccc3c(c2)OCO3)CC1. The van der Waals surface area contributed by atoms with Crippen molar-refractivity contribution in [2.45, 2.75) is 70.4 Å². The highest BCUT2D eigenvalue weighted by Gasteiger charge is 2.39. The van der Waals surface area contributed by atoms with E-state index in [9.17, 15) is 5.11 Å². The molecule has 1 aromatic carbocycles. The molecule has 25 heavy (non-hydrogen) atoms. The minimum Gasteiger partial charge on any atom is -0.454 e. The van der Waals surface area contributed by atoms with Gasteiger partial charge in [-0.15, -0.1) is 0 Å². The fraction of sp³-hybridized carbons (Fsp3) is 0.600. The van der Waals surface area contributed by atoms with Gasteiger partial charge in [-0.05, 0) is 60.7 Å². The van der Waals surface area contributed by atoms with Crippen LogP contribution in [0.4, 0.5) is 0 Å². The number of hydrogen-bond acceptors (Lipinski definition) is 4. The molecular formula is C20H30O4Si. The van der Waals surface area contributed by atoms with E-state index in [0.29, 0.717) is 5.75 Å². The Labute approximate surface area is 151 Å². The molecule has 0 bridgehead atoms. The lowest BCUT2D eigenvalue weighted by Crippen LogP contribution is -2.44. The molecule has 0 amide bonds. The van der Waals surface area contributed by atoms with E-state index >= 15 is 0 Å². The molecule has 1 aliphatic carbocycles. The van der Waals surface area contributed by atoms with Crippen molar-refractivity contribution in [1.82, 2.24) is 0 Å². The molecule has 1 aromatic rings. The maximum absolute atomic E-state index is 10.7. The van der Waals surface area contributed by atoms with Crippen molar-refractivity contribution in [2.24, 2.45) is 0 Å². The molecule has 0 fully saturated rings. The molecule has 0 saturated carbocycles. The van der Waals surface area contributed by atoms with Crippen LogP contribution in [0.2, 0.25) is 18.1 Å². The second-order valence-electron chi connectivity index (χ2n) is 8.57. The molecule has 1 aliphatic heterocycles. The van der Waals surface area contributed by atoms with Gasteiger partial charge in [0, 0.05) is 6.10 Å². The Hall–Kier alpha value is -1.30. The summed E-state index contributed by atoms with van der Waals surface area (Å²) in [5.41, 5.74) is 1.94. The Morgan fingerprint density at radius 2 is 1.92 bits per heavy atom. The maximum Gasteiger partial charge on any atom is 0.231 e. The largest absolute Gasteiger partial charge is 0.454 e. The van der Waals surface area contributed by atoms with E-state index in [1.54, 1.807) is 0 Å². The Morgan fingerprint density at radius 1 is 1.20 bits per heavy atom. The van der Waals surface area contributed by atoms with Crippen molar-refractivity contribution >= 4 is 8.32 Å². The van der Waals surface area contributed by atoms with E-state index in [4.69, 9.17) is 13.9 Å². The van der Waals surface area contributed by atoms with Gasteiger partial charge in [-0.2, -0.15) is 0 Å². The van der Waals surface area contributed by atoms with E-state index in [0.717, 1.165) is 36.1 Å². The third kappa shape index (κ3) is 3.94. The highest BCUT2D eigenvalue weighted by molar-refractivity contribution is 6.74. The van der Waals surface area contributed by atoms with Crippen LogP contribution in [0.1, 0.15) is 51.7 Å². The van der Waals surface area contributed by atoms with Gasteiger partial charge in [0.15, 0.2) is 19.8 Å². The highest BCUT2D eigenvalue weighted by Crippen LogP contribution is 2.41. The number of hydrogen-bond donors (Lipinski definition) is 1. The lowest BCUT2D eigenvalue weighted by atomic mass is 9.90. The number of fused-ring (bicyclic) bond motifs is 1. The molecule has 138 valence electrons. The molecule has 0 saturated heterocycles. The average molecular weight is 363 g/mol. The van der Waals surface area contributed by atoms with Crippen LogP contribution in [0.5, 0.6) is 11.5 Å². The quantitative estimate of drug-likeness (QED) is 0.608. The summed E-state index contributed by atoms with van der Waals surface area (Å²) in [5, 5.41) is 11.0. The molecular weight excluding hydrogens is 332 g/mol. The summed E-state index contributed by atoms with van der Waals surface area (Å²) in [5.74, 6) is 1.46. The summed E-state index contributed by atoms with van der Waals surface area (Å²) in [4.78, 5) is 0. The van der Waals surface area contributed by atoms with Crippen molar-refractivity contribution in [3.8, 4) is 11.5 Å². The molecule has 5 heteroatoms. The van der Waals surface area contributed by atoms with Gasteiger partial charge in [-0.25, -0.2) is 0 Å². The molecule has 2 aliphatic rings. The van der Waals surface area contributed by atoms with Crippen LogP contribution in [0.3, 0.4) is 0 Å². The van der Waals surface area contributed by atoms with E-state index in [2.05, 4.69) is 39.9 Å². The first-order valence-corrected chi connectivity index (χ1v) is 12.0. The molecule has 0 spiro atoms. The Kier molecular flexibility index (Phi) is 5.01. The van der Waals surface area contributed by atoms with Gasteiger partial charge >= 0.3 is 0 Å². The van der Waals surface area contributed by atoms with Gasteiger partial charge in [0.2, 0.25) is 6.79 Å². The number of rotatable bonds is 4. The number of aliphatic hydroxyl groups excluding tert-OH is 1. The van der Waals surface area contributed by atoms with Gasteiger partial charge in [0.05, 0.1) is 0 Å². The second kappa shape index (κ2) is 6.78. The zero-order chi connectivity index (χ0) is 18.2. The van der Waals surface area contributed by atoms with Crippen LogP contribution >= 0.6 is 0 Å². The smallest absolute Gasteiger partial charge is 0.231 e. The monoisotopic (exact) mass is 362 g/mol. The van der Waals surface area contributed by atoms with Crippen molar-refractivity contribution < 1.29 is 19.0 Å². The molecule has 0 aromatic heterocycles. The van der Waals surface area contributed by atoms with Gasteiger partial charge in [-0.3, -0.25) is 0 Å². The molecule has 2 unspecified atom stereocenters. The third-order valence-electron chi connectivity index (χ3n) is 5.73. The maximum atomic E-state index is 10.7. The minimum atomic E-state index is -1.74. The van der Waals surface area contributed by atoms with Crippen LogP contribution in [0.15, 0.2) is 29.8 Å². The summed E-state index contributed by atoms with van der Waals surface area (Å²) < 4.78 is 17.3. The summed E-state index contributed by atoms with van der Waals surface area (Å²) >= 11 is 0. The minimum absolute atomic E-state index is 0.225. The van der Waals surface area contributed by atoms with Gasteiger partial charge in [0.1, 0.15) is 6.10 Å². The molecule has 1 heterocycles. The first-order chi connectivity index (χ1) is 11.7. The predicted molar refractivity (Wildman–Crippen MR) is 102 cm³/mol. The lowest BCUT2D eigenvalue weighted by molar-refractivity contribution is 0.154. The Bertz CT molecular complexity index is 660. The normalized spacial score (nSPS) is 21.8. The Morgan fingerprint density at radius 3 is 2.56 bits per heavy atom. The van der Waals surface area contributed by atoms with Crippen molar-refractivity contribution in [3.05, 3.63) is 35.4 Å². The number of aliphatic hydroxyl groups is 1. The second-order valence-corrected chi connectivity index (χ2v) is 13.3. The fourth-order valence-corrected chi connectivity index (χ4v) is 4.48. The average Bonchev–Trinajstić information content (AvgIpc) is 3.01. The summed E-state index contributed by atoms with van der Waals surface area (Å²) in [6, 6.07) is 5.66. The zero-order valence-corrected chi connectivity index (χ0v) is 17.0. The van der Waals surface area contributed by atoms with Crippen LogP contribution in [-0.4, -0.2) is 26.3 Å². The Balaban J connectivity index is 1.65. The fourth-order valence-electron chi connectivity index (χ4n) is 3.08. The molecule has 0 radical (unpaired) electrons. The van der Waals surface area contributed by atoms with Crippen molar-refractivity contribution in [1.29, 1.82) is 0 Å². The lowest BCUT2D eigenvalue weighted by Gasteiger charge is -2.40. The topological polar surface area (TPSA) is 47.9 Å². The van der Waals surface area contributed by atoms with E-state index in [1.165, 1.54) is 0 Å². The van der Waals surface area contributed by atoms with E-state index in [1.807, 2.05) is 18.2 Å². The summed E-state index contributed by atoms with van der Waals surface area (Å²) in [6.07, 6.45) is 4.58. The van der Waals surface area contributed by atoms with Crippen LogP contribution in [0, 0.1) is 0 Å². The van der Waals surface area contributed by atoms with Gasteiger partial charge in [0.25, 0.3) is 0 Å². The van der Waals surface area contributed by atoms with Crippen LogP contribution in [0.25, 0.3) is 0 Å². The third-order valence-corrected chi connectivity index (χ3v) is 10.3. The standard InChI is InChI=1S/C20H30O4Si/c1-20(2,3)25(4,5)24-16-9-6-14(7-10-16)19(21)15-8-11-17-18(12-15)23-13-22-17/h6,8,11-12,16,19,21H,7,9-10,13H2,1-5H3. The number of ether oxygens (including phenoxy) is 2. The van der Waals surface area contributed by atoms with Crippen LogP contribution in [-0.2, 0) is 4.43 Å². The van der Waals surface area contributed by atoms with Crippen LogP contribution < -0.4 is 9.47 Å². The highest BCUT2D eigenvalue weighted by atomic mass is 28.4. The van der Waals surface area contributed by atoms with E-state index < -0.39 is 14.4 Å². The first-order valence-electron chi connectivity index (χ1n) is 9.12. The van der Waals surface area contributed by atoms with Gasteiger partial charge in [-0.1, -0.05) is 32.9 Å². The molecule has 4 nitrogen and oxygen atoms in total. The van der Waals surface area contributed by atoms with Crippen molar-refractivity contribution in [3.63, 3.8) is 0 Å². The number of benzene rings is 1. The summed E-state index contributed by atoms with van der Waals surface area (Å²) in [6.45, 7) is 11.7. The molecule has 2 atom stereocenters.